The topological polar surface area (TPSA) is 49.4 Å². The number of alkyl halides is 1. The number of benzene rings is 1. The van der Waals surface area contributed by atoms with Crippen molar-refractivity contribution in [3.05, 3.63) is 77.7 Å². The van der Waals surface area contributed by atoms with E-state index in [9.17, 15) is 0 Å². The molecule has 1 aliphatic heterocycles. The highest BCUT2D eigenvalue weighted by molar-refractivity contribution is 6.30. The van der Waals surface area contributed by atoms with Crippen molar-refractivity contribution < 1.29 is 13.9 Å². The van der Waals surface area contributed by atoms with Gasteiger partial charge in [-0.05, 0) is 49.1 Å². The van der Waals surface area contributed by atoms with Gasteiger partial charge in [-0.15, -0.1) is 0 Å². The molecule has 0 radical (unpaired) electrons. The molecule has 2 aromatic heterocycles. The van der Waals surface area contributed by atoms with Crippen LogP contribution in [0.4, 0.5) is 0 Å². The molecule has 3 heterocycles. The maximum atomic E-state index is 6.96. The summed E-state index contributed by atoms with van der Waals surface area (Å²) < 4.78 is 20.1. The summed E-state index contributed by atoms with van der Waals surface area (Å²) in [5.74, 6) is 0.560. The lowest BCUT2D eigenvalue weighted by atomic mass is 10.0. The average molecular weight is 421 g/mol. The van der Waals surface area contributed by atoms with Gasteiger partial charge in [0.2, 0.25) is 5.06 Å². The third-order valence-corrected chi connectivity index (χ3v) is 5.50. The van der Waals surface area contributed by atoms with Crippen molar-refractivity contribution >= 4 is 23.2 Å². The van der Waals surface area contributed by atoms with E-state index in [1.165, 1.54) is 0 Å². The van der Waals surface area contributed by atoms with Gasteiger partial charge < -0.3 is 18.5 Å². The highest BCUT2D eigenvalue weighted by Crippen LogP contribution is 2.38. The first-order valence-electron chi connectivity index (χ1n) is 9.37. The minimum Gasteiger partial charge on any atom is -0.465 e. The fraction of sp³-hybridized carbons (Fsp3) is 0.381. The second kappa shape index (κ2) is 8.70. The van der Waals surface area contributed by atoms with Gasteiger partial charge in [0, 0.05) is 30.4 Å². The number of hydrogen-bond acceptors (Lipinski definition) is 4. The molecule has 1 fully saturated rings. The number of ether oxygens (including phenoxy) is 2. The van der Waals surface area contributed by atoms with Crippen LogP contribution in [0.1, 0.15) is 30.6 Å². The van der Waals surface area contributed by atoms with Crippen LogP contribution in [0.3, 0.4) is 0 Å². The number of hydrogen-bond donors (Lipinski definition) is 0. The van der Waals surface area contributed by atoms with E-state index in [1.807, 2.05) is 41.1 Å². The van der Waals surface area contributed by atoms with Crippen LogP contribution in [-0.4, -0.2) is 21.9 Å². The predicted octanol–water partition coefficient (Wildman–Crippen LogP) is 5.38. The molecule has 0 N–H and O–H groups in total. The molecule has 28 heavy (non-hydrogen) atoms. The maximum Gasteiger partial charge on any atom is 0.206 e. The molecule has 0 amide bonds. The molecule has 0 saturated carbocycles. The highest BCUT2D eigenvalue weighted by atomic mass is 35.5. The Hall–Kier alpha value is -1.79. The zero-order valence-corrected chi connectivity index (χ0v) is 16.9. The molecule has 0 aliphatic carbocycles. The largest absolute Gasteiger partial charge is 0.465 e. The monoisotopic (exact) mass is 420 g/mol. The van der Waals surface area contributed by atoms with Gasteiger partial charge in [-0.3, -0.25) is 0 Å². The van der Waals surface area contributed by atoms with Gasteiger partial charge in [0.1, 0.15) is 0 Å². The Morgan fingerprint density at radius 1 is 1.21 bits per heavy atom. The van der Waals surface area contributed by atoms with Crippen molar-refractivity contribution in [2.75, 3.05) is 0 Å². The number of nitrogens with zero attached hydrogens (tertiary/aromatic N) is 2. The van der Waals surface area contributed by atoms with Crippen molar-refractivity contribution in [1.82, 2.24) is 9.55 Å². The van der Waals surface area contributed by atoms with Crippen LogP contribution in [0.2, 0.25) is 5.02 Å². The fourth-order valence-electron chi connectivity index (χ4n) is 3.46. The van der Waals surface area contributed by atoms with Crippen LogP contribution >= 0.6 is 23.2 Å². The Labute approximate surface area is 174 Å². The number of aromatic nitrogens is 2. The highest BCUT2D eigenvalue weighted by Gasteiger charge is 2.39. The third kappa shape index (κ3) is 4.78. The Kier molecular flexibility index (Phi) is 6.07. The first-order valence-corrected chi connectivity index (χ1v) is 10.1. The first kappa shape index (κ1) is 19.5. The summed E-state index contributed by atoms with van der Waals surface area (Å²) in [7, 11) is 0. The van der Waals surface area contributed by atoms with Crippen LogP contribution in [0.5, 0.6) is 0 Å². The molecular weight excluding hydrogens is 399 g/mol. The Balaban J connectivity index is 1.48. The van der Waals surface area contributed by atoms with Gasteiger partial charge in [0.15, 0.2) is 12.1 Å². The standard InChI is InChI=1S/C21H22Cl2N2O3/c22-17-8-6-16(7-9-17)13-21(23,19-4-2-12-26-19)28-20-5-1-3-18(27-20)14-25-11-10-24-15-25/h2,4,6-12,15,18,20H,1,3,5,13-14H2. The third-order valence-electron chi connectivity index (χ3n) is 4.84. The van der Waals surface area contributed by atoms with Gasteiger partial charge in [-0.1, -0.05) is 35.3 Å². The lowest BCUT2D eigenvalue weighted by Crippen LogP contribution is -2.38. The van der Waals surface area contributed by atoms with Crippen LogP contribution in [0, 0.1) is 0 Å². The second-order valence-corrected chi connectivity index (χ2v) is 8.05. The molecule has 0 bridgehead atoms. The molecule has 3 unspecified atom stereocenters. The average Bonchev–Trinajstić information content (AvgIpc) is 3.38. The number of halogens is 2. The van der Waals surface area contributed by atoms with Gasteiger partial charge in [-0.25, -0.2) is 4.98 Å². The van der Waals surface area contributed by atoms with Crippen LogP contribution in [0.15, 0.2) is 65.8 Å². The summed E-state index contributed by atoms with van der Waals surface area (Å²) in [5.41, 5.74) is 1.00. The van der Waals surface area contributed by atoms with Crippen LogP contribution < -0.4 is 0 Å². The van der Waals surface area contributed by atoms with Crippen molar-refractivity contribution in [3.63, 3.8) is 0 Å². The van der Waals surface area contributed by atoms with Crippen LogP contribution in [0.25, 0.3) is 0 Å². The minimum absolute atomic E-state index is 0.0565. The molecule has 0 spiro atoms. The summed E-state index contributed by atoms with van der Waals surface area (Å²) >= 11 is 13.0. The lowest BCUT2D eigenvalue weighted by Gasteiger charge is -2.35. The molecule has 4 rings (SSSR count). The van der Waals surface area contributed by atoms with E-state index < -0.39 is 11.4 Å². The Morgan fingerprint density at radius 2 is 2.07 bits per heavy atom. The second-order valence-electron chi connectivity index (χ2n) is 7.00. The molecule has 5 nitrogen and oxygen atoms in total. The maximum absolute atomic E-state index is 6.96. The molecule has 1 aromatic carbocycles. The summed E-state index contributed by atoms with van der Waals surface area (Å²) in [4.78, 5) is 4.09. The lowest BCUT2D eigenvalue weighted by molar-refractivity contribution is -0.233. The number of furan rings is 1. The van der Waals surface area contributed by atoms with E-state index in [1.54, 1.807) is 24.9 Å². The molecular formula is C21H22Cl2N2O3. The summed E-state index contributed by atoms with van der Waals surface area (Å²) in [5, 5.41) is -0.473. The Bertz CT molecular complexity index is 852. The normalized spacial score (nSPS) is 22.1. The van der Waals surface area contributed by atoms with Gasteiger partial charge >= 0.3 is 0 Å². The van der Waals surface area contributed by atoms with Gasteiger partial charge in [0.05, 0.1) is 18.7 Å². The molecule has 148 valence electrons. The van der Waals surface area contributed by atoms with Crippen molar-refractivity contribution in [2.24, 2.45) is 0 Å². The number of imidazole rings is 1. The van der Waals surface area contributed by atoms with Crippen LogP contribution in [-0.2, 0) is 27.5 Å². The predicted molar refractivity (Wildman–Crippen MR) is 107 cm³/mol. The first-order chi connectivity index (χ1) is 13.6. The van der Waals surface area contributed by atoms with Gasteiger partial charge in [-0.2, -0.15) is 0 Å². The van der Waals surface area contributed by atoms with E-state index in [-0.39, 0.29) is 6.10 Å². The van der Waals surface area contributed by atoms with E-state index >= 15 is 0 Å². The van der Waals surface area contributed by atoms with Crippen molar-refractivity contribution in [3.8, 4) is 0 Å². The zero-order valence-electron chi connectivity index (χ0n) is 15.3. The zero-order chi connectivity index (χ0) is 19.4. The van der Waals surface area contributed by atoms with Crippen molar-refractivity contribution in [2.45, 2.75) is 49.7 Å². The molecule has 1 saturated heterocycles. The molecule has 1 aliphatic rings. The fourth-order valence-corrected chi connectivity index (χ4v) is 3.95. The molecule has 3 aromatic rings. The number of rotatable bonds is 7. The molecule has 3 atom stereocenters. The van der Waals surface area contributed by atoms with E-state index in [2.05, 4.69) is 4.98 Å². The van der Waals surface area contributed by atoms with E-state index in [0.29, 0.717) is 17.2 Å². The Morgan fingerprint density at radius 3 is 2.79 bits per heavy atom. The van der Waals surface area contributed by atoms with Gasteiger partial charge in [0.25, 0.3) is 0 Å². The summed E-state index contributed by atoms with van der Waals surface area (Å²) in [6.07, 6.45) is 9.96. The minimum atomic E-state index is -1.15. The molecule has 7 heteroatoms. The summed E-state index contributed by atoms with van der Waals surface area (Å²) in [6.45, 7) is 0.743. The quantitative estimate of drug-likeness (QED) is 0.481. The summed E-state index contributed by atoms with van der Waals surface area (Å²) in [6, 6.07) is 11.2. The van der Waals surface area contributed by atoms with E-state index in [0.717, 1.165) is 31.4 Å². The smallest absolute Gasteiger partial charge is 0.206 e. The SMILES string of the molecule is Clc1ccc(CC(Cl)(OC2CCCC(Cn3ccnc3)O2)c2ccco2)cc1. The van der Waals surface area contributed by atoms with Crippen molar-refractivity contribution in [1.29, 1.82) is 0 Å². The van der Waals surface area contributed by atoms with E-state index in [4.69, 9.17) is 37.1 Å².